The quantitative estimate of drug-likeness (QED) is 0.338. The van der Waals surface area contributed by atoms with Crippen molar-refractivity contribution >= 4 is 51.1 Å². The fourth-order valence-electron chi connectivity index (χ4n) is 4.11. The number of nitrogens with zero attached hydrogens (tertiary/aromatic N) is 1. The van der Waals surface area contributed by atoms with Gasteiger partial charge in [-0.05, 0) is 48.2 Å². The molecule has 6 heteroatoms. The molecular weight excluding hydrogens is 448 g/mol. The largest absolute Gasteiger partial charge is 0.494 e. The first-order chi connectivity index (χ1) is 16.6. The summed E-state index contributed by atoms with van der Waals surface area (Å²) in [6.07, 6.45) is 0. The molecule has 0 unspecified atom stereocenters. The lowest BCUT2D eigenvalue weighted by molar-refractivity contribution is -0.120. The van der Waals surface area contributed by atoms with E-state index in [2.05, 4.69) is 5.32 Å². The molecule has 1 aliphatic rings. The smallest absolute Gasteiger partial charge is 0.282 e. The molecule has 0 saturated heterocycles. The third-order valence-electron chi connectivity index (χ3n) is 5.65. The van der Waals surface area contributed by atoms with Crippen LogP contribution in [0, 0.1) is 0 Å². The van der Waals surface area contributed by atoms with E-state index in [9.17, 15) is 9.59 Å². The number of halogens is 1. The number of carbonyl (C=O) groups is 2. The van der Waals surface area contributed by atoms with Crippen LogP contribution in [0.5, 0.6) is 5.75 Å². The molecule has 4 aromatic carbocycles. The van der Waals surface area contributed by atoms with E-state index < -0.39 is 11.8 Å². The zero-order valence-electron chi connectivity index (χ0n) is 18.4. The Labute approximate surface area is 202 Å². The summed E-state index contributed by atoms with van der Waals surface area (Å²) in [4.78, 5) is 28.5. The highest BCUT2D eigenvalue weighted by Crippen LogP contribution is 2.36. The maximum atomic E-state index is 13.7. The van der Waals surface area contributed by atoms with Crippen LogP contribution >= 0.6 is 11.6 Å². The Balaban J connectivity index is 1.63. The van der Waals surface area contributed by atoms with Crippen molar-refractivity contribution in [2.24, 2.45) is 0 Å². The normalized spacial score (nSPS) is 13.6. The lowest BCUT2D eigenvalue weighted by Gasteiger charge is -2.17. The fourth-order valence-corrected chi connectivity index (χ4v) is 4.24. The van der Waals surface area contributed by atoms with Crippen LogP contribution in [-0.4, -0.2) is 18.4 Å². The second kappa shape index (κ2) is 9.04. The topological polar surface area (TPSA) is 58.6 Å². The van der Waals surface area contributed by atoms with Gasteiger partial charge in [-0.2, -0.15) is 0 Å². The van der Waals surface area contributed by atoms with Crippen LogP contribution in [0.1, 0.15) is 12.5 Å². The molecule has 1 aliphatic heterocycles. The van der Waals surface area contributed by atoms with Gasteiger partial charge in [-0.3, -0.25) is 9.59 Å². The third kappa shape index (κ3) is 3.91. The van der Waals surface area contributed by atoms with Gasteiger partial charge in [0.1, 0.15) is 11.4 Å². The van der Waals surface area contributed by atoms with E-state index in [0.29, 0.717) is 28.6 Å². The Morgan fingerprint density at radius 1 is 0.853 bits per heavy atom. The molecule has 5 nitrogen and oxygen atoms in total. The number of benzene rings is 4. The van der Waals surface area contributed by atoms with Gasteiger partial charge < -0.3 is 10.1 Å². The Hall–Kier alpha value is -4.09. The maximum Gasteiger partial charge on any atom is 0.282 e. The molecular formula is C28H21ClN2O3. The van der Waals surface area contributed by atoms with E-state index in [-0.39, 0.29) is 11.3 Å². The van der Waals surface area contributed by atoms with Crippen molar-refractivity contribution in [1.82, 2.24) is 0 Å². The monoisotopic (exact) mass is 468 g/mol. The number of hydrogen-bond acceptors (Lipinski definition) is 4. The number of imide groups is 1. The molecule has 2 amide bonds. The van der Waals surface area contributed by atoms with Crippen molar-refractivity contribution in [3.05, 3.63) is 107 Å². The van der Waals surface area contributed by atoms with Gasteiger partial charge in [0.2, 0.25) is 0 Å². The van der Waals surface area contributed by atoms with Gasteiger partial charge in [0.15, 0.2) is 0 Å². The van der Waals surface area contributed by atoms with Crippen molar-refractivity contribution in [2.75, 3.05) is 16.8 Å². The molecule has 0 fully saturated rings. The molecule has 168 valence electrons. The van der Waals surface area contributed by atoms with E-state index in [0.717, 1.165) is 16.5 Å². The van der Waals surface area contributed by atoms with Crippen molar-refractivity contribution in [1.29, 1.82) is 0 Å². The number of carbonyl (C=O) groups excluding carboxylic acids is 2. The minimum atomic E-state index is -0.434. The number of fused-ring (bicyclic) bond motifs is 1. The summed E-state index contributed by atoms with van der Waals surface area (Å²) in [5.41, 5.74) is 2.30. The molecule has 1 heterocycles. The van der Waals surface area contributed by atoms with Gasteiger partial charge in [-0.15, -0.1) is 0 Å². The highest BCUT2D eigenvalue weighted by Gasteiger charge is 2.40. The Morgan fingerprint density at radius 2 is 1.59 bits per heavy atom. The SMILES string of the molecule is CCOc1cccc(N2C(=O)C(Nc3cccc4ccccc34)=C(c3ccc(Cl)cc3)C2=O)c1. The van der Waals surface area contributed by atoms with Gasteiger partial charge in [0.25, 0.3) is 11.8 Å². The number of ether oxygens (including phenoxy) is 1. The van der Waals surface area contributed by atoms with Crippen molar-refractivity contribution in [2.45, 2.75) is 6.92 Å². The molecule has 4 aromatic rings. The standard InChI is InChI=1S/C28H21ClN2O3/c1-2-34-22-10-6-9-21(17-22)31-27(32)25(19-13-15-20(29)16-14-19)26(28(31)33)30-24-12-5-8-18-7-3-4-11-23(18)24/h3-17,30H,2H2,1H3. The zero-order valence-corrected chi connectivity index (χ0v) is 19.2. The van der Waals surface area contributed by atoms with Crippen LogP contribution in [0.15, 0.2) is 96.7 Å². The molecule has 0 aliphatic carbocycles. The van der Waals surface area contributed by atoms with Crippen LogP contribution in [0.3, 0.4) is 0 Å². The molecule has 0 atom stereocenters. The maximum absolute atomic E-state index is 13.7. The number of nitrogens with one attached hydrogen (secondary N) is 1. The van der Waals surface area contributed by atoms with Crippen LogP contribution in [0.4, 0.5) is 11.4 Å². The average molecular weight is 469 g/mol. The van der Waals surface area contributed by atoms with Gasteiger partial charge in [0, 0.05) is 22.2 Å². The van der Waals surface area contributed by atoms with Crippen LogP contribution in [0.2, 0.25) is 5.02 Å². The predicted molar refractivity (Wildman–Crippen MR) is 136 cm³/mol. The van der Waals surface area contributed by atoms with E-state index >= 15 is 0 Å². The average Bonchev–Trinajstić information content (AvgIpc) is 3.09. The number of amides is 2. The molecule has 34 heavy (non-hydrogen) atoms. The zero-order chi connectivity index (χ0) is 23.7. The number of rotatable bonds is 6. The fraction of sp³-hybridized carbons (Fsp3) is 0.0714. The van der Waals surface area contributed by atoms with Crippen LogP contribution < -0.4 is 15.0 Å². The predicted octanol–water partition coefficient (Wildman–Crippen LogP) is 6.29. The summed E-state index contributed by atoms with van der Waals surface area (Å²) in [5, 5.41) is 5.79. The first kappa shape index (κ1) is 21.7. The van der Waals surface area contributed by atoms with E-state index in [1.54, 1.807) is 48.5 Å². The van der Waals surface area contributed by atoms with Crippen molar-refractivity contribution < 1.29 is 14.3 Å². The van der Waals surface area contributed by atoms with Gasteiger partial charge in [-0.1, -0.05) is 66.2 Å². The lowest BCUT2D eigenvalue weighted by Crippen LogP contribution is -2.32. The first-order valence-electron chi connectivity index (χ1n) is 10.9. The summed E-state index contributed by atoms with van der Waals surface area (Å²) in [5.74, 6) is -0.260. The lowest BCUT2D eigenvalue weighted by atomic mass is 10.0. The van der Waals surface area contributed by atoms with E-state index in [4.69, 9.17) is 16.3 Å². The molecule has 0 bridgehead atoms. The summed E-state index contributed by atoms with van der Waals surface area (Å²) in [7, 11) is 0. The van der Waals surface area contributed by atoms with Gasteiger partial charge >= 0.3 is 0 Å². The first-order valence-corrected chi connectivity index (χ1v) is 11.3. The highest BCUT2D eigenvalue weighted by atomic mass is 35.5. The van der Waals surface area contributed by atoms with Crippen LogP contribution in [0.25, 0.3) is 16.3 Å². The molecule has 0 aromatic heterocycles. The second-order valence-corrected chi connectivity index (χ2v) is 8.22. The molecule has 0 radical (unpaired) electrons. The van der Waals surface area contributed by atoms with Crippen molar-refractivity contribution in [3.63, 3.8) is 0 Å². The van der Waals surface area contributed by atoms with Gasteiger partial charge in [-0.25, -0.2) is 4.90 Å². The summed E-state index contributed by atoms with van der Waals surface area (Å²) in [6.45, 7) is 2.36. The van der Waals surface area contributed by atoms with Crippen molar-refractivity contribution in [3.8, 4) is 5.75 Å². The summed E-state index contributed by atoms with van der Waals surface area (Å²) in [6, 6.07) is 27.6. The molecule has 5 rings (SSSR count). The Kier molecular flexibility index (Phi) is 5.78. The van der Waals surface area contributed by atoms with Gasteiger partial charge in [0.05, 0.1) is 17.9 Å². The second-order valence-electron chi connectivity index (χ2n) is 7.78. The highest BCUT2D eigenvalue weighted by molar-refractivity contribution is 6.46. The summed E-state index contributed by atoms with van der Waals surface area (Å²) >= 11 is 6.08. The summed E-state index contributed by atoms with van der Waals surface area (Å²) < 4.78 is 5.58. The molecule has 0 spiro atoms. The number of hydrogen-bond donors (Lipinski definition) is 1. The van der Waals surface area contributed by atoms with Crippen LogP contribution in [-0.2, 0) is 9.59 Å². The van der Waals surface area contributed by atoms with E-state index in [1.807, 2.05) is 49.4 Å². The minimum Gasteiger partial charge on any atom is -0.494 e. The Bertz CT molecular complexity index is 1440. The Morgan fingerprint density at radius 3 is 2.38 bits per heavy atom. The molecule has 0 saturated carbocycles. The minimum absolute atomic E-state index is 0.213. The van der Waals surface area contributed by atoms with E-state index in [1.165, 1.54) is 4.90 Å². The third-order valence-corrected chi connectivity index (χ3v) is 5.90. The molecule has 1 N–H and O–H groups in total. The number of anilines is 2.